The molecule has 5 nitrogen and oxygen atoms in total. The van der Waals surface area contributed by atoms with E-state index in [1.807, 2.05) is 0 Å². The van der Waals surface area contributed by atoms with Crippen LogP contribution in [0.2, 0.25) is 0 Å². The number of hydrogen-bond acceptors (Lipinski definition) is 3. The zero-order chi connectivity index (χ0) is 16.4. The van der Waals surface area contributed by atoms with Crippen LogP contribution in [-0.2, 0) is 6.54 Å². The van der Waals surface area contributed by atoms with Gasteiger partial charge in [0.1, 0.15) is 11.6 Å². The molecular formula is C16H11BrFN3O2. The number of para-hydroxylation sites is 1. The van der Waals surface area contributed by atoms with Crippen LogP contribution in [0.4, 0.5) is 10.1 Å². The van der Waals surface area contributed by atoms with Crippen LogP contribution >= 0.6 is 15.9 Å². The van der Waals surface area contributed by atoms with Crippen LogP contribution in [0.5, 0.6) is 0 Å². The molecule has 0 N–H and O–H groups in total. The Morgan fingerprint density at radius 1 is 1.26 bits per heavy atom. The Hall–Kier alpha value is -2.54. The lowest BCUT2D eigenvalue weighted by atomic mass is 10.1. The van der Waals surface area contributed by atoms with Crippen molar-refractivity contribution in [1.82, 2.24) is 9.55 Å². The molecule has 0 unspecified atom stereocenters. The average molecular weight is 376 g/mol. The molecule has 3 aromatic rings. The highest BCUT2D eigenvalue weighted by Gasteiger charge is 2.15. The van der Waals surface area contributed by atoms with Crippen LogP contribution < -0.4 is 0 Å². The molecule has 1 heterocycles. The fourth-order valence-electron chi connectivity index (χ4n) is 2.39. The van der Waals surface area contributed by atoms with Crippen LogP contribution in [0.3, 0.4) is 0 Å². The van der Waals surface area contributed by atoms with E-state index in [2.05, 4.69) is 20.9 Å². The van der Waals surface area contributed by atoms with Gasteiger partial charge in [-0.25, -0.2) is 9.37 Å². The molecular weight excluding hydrogens is 365 g/mol. The number of rotatable bonds is 4. The van der Waals surface area contributed by atoms with Gasteiger partial charge >= 0.3 is 0 Å². The molecule has 3 rings (SSSR count). The highest BCUT2D eigenvalue weighted by Crippen LogP contribution is 2.25. The summed E-state index contributed by atoms with van der Waals surface area (Å²) in [6.07, 6.45) is 3.30. The minimum absolute atomic E-state index is 0.0487. The lowest BCUT2D eigenvalue weighted by Gasteiger charge is -2.09. The fraction of sp³-hybridized carbons (Fsp3) is 0.0625. The van der Waals surface area contributed by atoms with E-state index < -0.39 is 4.92 Å². The second-order valence-corrected chi connectivity index (χ2v) is 5.84. The van der Waals surface area contributed by atoms with Crippen molar-refractivity contribution in [3.05, 3.63) is 80.8 Å². The summed E-state index contributed by atoms with van der Waals surface area (Å²) >= 11 is 3.25. The Bertz CT molecular complexity index is 859. The highest BCUT2D eigenvalue weighted by molar-refractivity contribution is 9.10. The number of nitro groups is 1. The van der Waals surface area contributed by atoms with Crippen molar-refractivity contribution in [3.8, 4) is 11.4 Å². The van der Waals surface area contributed by atoms with Crippen LogP contribution in [0.1, 0.15) is 5.56 Å². The number of halogens is 2. The normalized spacial score (nSPS) is 10.7. The van der Waals surface area contributed by atoms with E-state index in [9.17, 15) is 14.5 Å². The molecule has 0 saturated carbocycles. The summed E-state index contributed by atoms with van der Waals surface area (Å²) in [7, 11) is 0. The molecule has 0 atom stereocenters. The molecule has 0 saturated heterocycles. The molecule has 0 aliphatic carbocycles. The summed E-state index contributed by atoms with van der Waals surface area (Å²) in [5, 5.41) is 11.1. The summed E-state index contributed by atoms with van der Waals surface area (Å²) in [5.41, 5.74) is 1.21. The summed E-state index contributed by atoms with van der Waals surface area (Å²) in [6.45, 7) is 0.278. The molecule has 2 aromatic carbocycles. The minimum atomic E-state index is -0.412. The third-order valence-electron chi connectivity index (χ3n) is 3.37. The predicted molar refractivity (Wildman–Crippen MR) is 87.5 cm³/mol. The summed E-state index contributed by atoms with van der Waals surface area (Å²) in [6, 6.07) is 11.0. The van der Waals surface area contributed by atoms with E-state index >= 15 is 0 Å². The molecule has 0 radical (unpaired) electrons. The summed E-state index contributed by atoms with van der Waals surface area (Å²) in [5.74, 6) is 0.165. The van der Waals surface area contributed by atoms with Gasteiger partial charge in [0.25, 0.3) is 5.69 Å². The standard InChI is InChI=1S/C16H11BrFN3O2/c17-13-7-12(8-14(18)9-13)16-19-5-6-20(16)10-11-3-1-2-4-15(11)21(22)23/h1-9H,10H2. The van der Waals surface area contributed by atoms with E-state index in [-0.39, 0.29) is 18.0 Å². The van der Waals surface area contributed by atoms with Gasteiger partial charge in [0.2, 0.25) is 0 Å². The highest BCUT2D eigenvalue weighted by atomic mass is 79.9. The topological polar surface area (TPSA) is 61.0 Å². The van der Waals surface area contributed by atoms with Gasteiger partial charge in [-0.15, -0.1) is 0 Å². The maximum Gasteiger partial charge on any atom is 0.274 e. The van der Waals surface area contributed by atoms with Crippen LogP contribution in [0.15, 0.2) is 59.3 Å². The number of benzene rings is 2. The monoisotopic (exact) mass is 375 g/mol. The Morgan fingerprint density at radius 3 is 2.78 bits per heavy atom. The molecule has 0 fully saturated rings. The van der Waals surface area contributed by atoms with Gasteiger partial charge in [0.05, 0.1) is 11.5 Å². The van der Waals surface area contributed by atoms with Gasteiger partial charge in [-0.05, 0) is 18.2 Å². The Morgan fingerprint density at radius 2 is 2.04 bits per heavy atom. The molecule has 116 valence electrons. The smallest absolute Gasteiger partial charge is 0.274 e. The van der Waals surface area contributed by atoms with Gasteiger partial charge in [-0.2, -0.15) is 0 Å². The Balaban J connectivity index is 2.01. The SMILES string of the molecule is O=[N+]([O-])c1ccccc1Cn1ccnc1-c1cc(F)cc(Br)c1. The van der Waals surface area contributed by atoms with Gasteiger partial charge in [0, 0.05) is 34.1 Å². The van der Waals surface area contributed by atoms with E-state index in [4.69, 9.17) is 0 Å². The molecule has 0 amide bonds. The molecule has 0 aliphatic heterocycles. The van der Waals surface area contributed by atoms with E-state index in [1.165, 1.54) is 18.2 Å². The van der Waals surface area contributed by atoms with Crippen molar-refractivity contribution >= 4 is 21.6 Å². The number of hydrogen-bond donors (Lipinski definition) is 0. The molecule has 0 aliphatic rings. The summed E-state index contributed by atoms with van der Waals surface area (Å²) in [4.78, 5) is 15.0. The zero-order valence-corrected chi connectivity index (χ0v) is 13.4. The molecule has 1 aromatic heterocycles. The van der Waals surface area contributed by atoms with Crippen molar-refractivity contribution in [2.75, 3.05) is 0 Å². The second kappa shape index (κ2) is 6.29. The minimum Gasteiger partial charge on any atom is -0.326 e. The van der Waals surface area contributed by atoms with E-state index in [1.54, 1.807) is 41.2 Å². The lowest BCUT2D eigenvalue weighted by Crippen LogP contribution is -2.04. The van der Waals surface area contributed by atoms with E-state index in [0.717, 1.165) is 0 Å². The van der Waals surface area contributed by atoms with Crippen LogP contribution in [-0.4, -0.2) is 14.5 Å². The van der Waals surface area contributed by atoms with Crippen molar-refractivity contribution in [1.29, 1.82) is 0 Å². The number of nitro benzene ring substituents is 1. The molecule has 0 bridgehead atoms. The van der Waals surface area contributed by atoms with Crippen LogP contribution in [0.25, 0.3) is 11.4 Å². The largest absolute Gasteiger partial charge is 0.326 e. The van der Waals surface area contributed by atoms with Gasteiger partial charge in [-0.3, -0.25) is 10.1 Å². The quantitative estimate of drug-likeness (QED) is 0.501. The predicted octanol–water partition coefficient (Wildman–Crippen LogP) is 4.41. The van der Waals surface area contributed by atoms with Crippen molar-refractivity contribution < 1.29 is 9.31 Å². The van der Waals surface area contributed by atoms with Crippen molar-refractivity contribution in [2.45, 2.75) is 6.54 Å². The maximum absolute atomic E-state index is 13.6. The van der Waals surface area contributed by atoms with E-state index in [0.29, 0.717) is 21.4 Å². The maximum atomic E-state index is 13.6. The second-order valence-electron chi connectivity index (χ2n) is 4.92. The van der Waals surface area contributed by atoms with Crippen molar-refractivity contribution in [2.24, 2.45) is 0 Å². The van der Waals surface area contributed by atoms with Gasteiger partial charge in [0.15, 0.2) is 0 Å². The first-order valence-electron chi connectivity index (χ1n) is 6.74. The zero-order valence-electron chi connectivity index (χ0n) is 11.8. The number of nitrogens with zero attached hydrogens (tertiary/aromatic N) is 3. The third-order valence-corrected chi connectivity index (χ3v) is 3.82. The van der Waals surface area contributed by atoms with Gasteiger partial charge < -0.3 is 4.57 Å². The first-order valence-corrected chi connectivity index (χ1v) is 7.54. The van der Waals surface area contributed by atoms with Gasteiger partial charge in [-0.1, -0.05) is 34.1 Å². The molecule has 7 heteroatoms. The third kappa shape index (κ3) is 3.29. The first kappa shape index (κ1) is 15.4. The molecule has 0 spiro atoms. The summed E-state index contributed by atoms with van der Waals surface area (Å²) < 4.78 is 16.0. The average Bonchev–Trinajstić information content (AvgIpc) is 2.95. The Kier molecular flexibility index (Phi) is 4.20. The fourth-order valence-corrected chi connectivity index (χ4v) is 2.85. The number of imidazole rings is 1. The van der Waals surface area contributed by atoms with Crippen LogP contribution in [0, 0.1) is 15.9 Å². The number of aromatic nitrogens is 2. The first-order chi connectivity index (χ1) is 11.0. The van der Waals surface area contributed by atoms with Crippen molar-refractivity contribution in [3.63, 3.8) is 0 Å². The lowest BCUT2D eigenvalue weighted by molar-refractivity contribution is -0.385. The molecule has 23 heavy (non-hydrogen) atoms. The Labute approximate surface area is 139 Å².